The third-order valence-corrected chi connectivity index (χ3v) is 5.08. The summed E-state index contributed by atoms with van der Waals surface area (Å²) in [5.41, 5.74) is 8.79. The molecule has 2 aromatic rings. The number of hydrogen-bond acceptors (Lipinski definition) is 4. The molecule has 1 saturated heterocycles. The fourth-order valence-electron chi connectivity index (χ4n) is 3.67. The maximum Gasteiger partial charge on any atom is 0.271 e. The quantitative estimate of drug-likeness (QED) is 0.913. The van der Waals surface area contributed by atoms with Gasteiger partial charge >= 0.3 is 0 Å². The SMILES string of the molecule is Cc1nc2c(C(N)=O)ncn2c(C)c1CCC(=O)N1CCCC(C)C1. The number of aromatic nitrogens is 3. The Kier molecular flexibility index (Phi) is 4.74. The van der Waals surface area contributed by atoms with Crippen molar-refractivity contribution in [2.75, 3.05) is 13.1 Å². The second kappa shape index (κ2) is 6.82. The summed E-state index contributed by atoms with van der Waals surface area (Å²) in [4.78, 5) is 34.5. The summed E-state index contributed by atoms with van der Waals surface area (Å²) < 4.78 is 1.77. The molecule has 0 spiro atoms. The number of rotatable bonds is 4. The first-order valence-corrected chi connectivity index (χ1v) is 8.79. The Labute approximate surface area is 147 Å². The number of amides is 2. The van der Waals surface area contributed by atoms with Gasteiger partial charge in [0.1, 0.15) is 6.33 Å². The Morgan fingerprint density at radius 3 is 2.80 bits per heavy atom. The summed E-state index contributed by atoms with van der Waals surface area (Å²) in [5, 5.41) is 0. The predicted molar refractivity (Wildman–Crippen MR) is 94.3 cm³/mol. The first-order chi connectivity index (χ1) is 11.9. The van der Waals surface area contributed by atoms with Gasteiger partial charge in [0.25, 0.3) is 5.91 Å². The molecule has 3 rings (SSSR count). The monoisotopic (exact) mass is 343 g/mol. The molecule has 7 nitrogen and oxygen atoms in total. The van der Waals surface area contributed by atoms with Gasteiger partial charge in [0.05, 0.1) is 0 Å². The highest BCUT2D eigenvalue weighted by Gasteiger charge is 2.22. The molecular formula is C18H25N5O2. The van der Waals surface area contributed by atoms with E-state index in [4.69, 9.17) is 5.73 Å². The van der Waals surface area contributed by atoms with E-state index in [1.807, 2.05) is 18.7 Å². The minimum atomic E-state index is -0.587. The maximum absolute atomic E-state index is 12.5. The lowest BCUT2D eigenvalue weighted by Crippen LogP contribution is -2.39. The Bertz CT molecular complexity index is 826. The minimum Gasteiger partial charge on any atom is -0.364 e. The topological polar surface area (TPSA) is 93.6 Å². The number of primary amides is 1. The molecule has 3 heterocycles. The van der Waals surface area contributed by atoms with Gasteiger partial charge in [0.15, 0.2) is 11.3 Å². The van der Waals surface area contributed by atoms with Crippen molar-refractivity contribution < 1.29 is 9.59 Å². The molecular weight excluding hydrogens is 318 g/mol. The molecule has 1 fully saturated rings. The van der Waals surface area contributed by atoms with Crippen LogP contribution in [0.4, 0.5) is 0 Å². The van der Waals surface area contributed by atoms with Gasteiger partial charge in [-0.1, -0.05) is 6.92 Å². The zero-order chi connectivity index (χ0) is 18.1. The number of nitrogens with zero attached hydrogens (tertiary/aromatic N) is 4. The van der Waals surface area contributed by atoms with Gasteiger partial charge in [-0.2, -0.15) is 0 Å². The Hall–Kier alpha value is -2.44. The molecule has 25 heavy (non-hydrogen) atoms. The van der Waals surface area contributed by atoms with Crippen LogP contribution < -0.4 is 5.73 Å². The summed E-state index contributed by atoms with van der Waals surface area (Å²) in [6, 6.07) is 0. The van der Waals surface area contributed by atoms with E-state index in [0.717, 1.165) is 36.5 Å². The number of imidazole rings is 1. The maximum atomic E-state index is 12.5. The van der Waals surface area contributed by atoms with Gasteiger partial charge in [-0.3, -0.25) is 14.0 Å². The normalized spacial score (nSPS) is 17.9. The van der Waals surface area contributed by atoms with E-state index in [2.05, 4.69) is 16.9 Å². The molecule has 1 unspecified atom stereocenters. The zero-order valence-corrected chi connectivity index (χ0v) is 15.1. The summed E-state index contributed by atoms with van der Waals surface area (Å²) >= 11 is 0. The molecule has 2 amide bonds. The van der Waals surface area contributed by atoms with Crippen LogP contribution in [-0.2, 0) is 11.2 Å². The molecule has 7 heteroatoms. The first-order valence-electron chi connectivity index (χ1n) is 8.79. The van der Waals surface area contributed by atoms with Crippen molar-refractivity contribution in [3.8, 4) is 0 Å². The molecule has 0 aromatic carbocycles. The highest BCUT2D eigenvalue weighted by molar-refractivity contribution is 5.96. The third-order valence-electron chi connectivity index (χ3n) is 5.08. The highest BCUT2D eigenvalue weighted by atomic mass is 16.2. The molecule has 1 aliphatic rings. The number of hydrogen-bond donors (Lipinski definition) is 1. The molecule has 0 aliphatic carbocycles. The fraction of sp³-hybridized carbons (Fsp3) is 0.556. The summed E-state index contributed by atoms with van der Waals surface area (Å²) in [6.45, 7) is 7.77. The number of carbonyl (C=O) groups excluding carboxylic acids is 2. The van der Waals surface area contributed by atoms with E-state index < -0.39 is 5.91 Å². The second-order valence-electron chi connectivity index (χ2n) is 7.00. The fourth-order valence-corrected chi connectivity index (χ4v) is 3.67. The van der Waals surface area contributed by atoms with Crippen LogP contribution in [0.5, 0.6) is 0 Å². The van der Waals surface area contributed by atoms with Gasteiger partial charge in [-0.05, 0) is 44.6 Å². The molecule has 1 aliphatic heterocycles. The number of fused-ring (bicyclic) bond motifs is 1. The van der Waals surface area contributed by atoms with Gasteiger partial charge < -0.3 is 10.6 Å². The molecule has 134 valence electrons. The van der Waals surface area contributed by atoms with Crippen molar-refractivity contribution in [3.63, 3.8) is 0 Å². The number of piperidine rings is 1. The Morgan fingerprint density at radius 2 is 2.12 bits per heavy atom. The van der Waals surface area contributed by atoms with E-state index in [1.54, 1.807) is 10.7 Å². The van der Waals surface area contributed by atoms with Gasteiger partial charge in [-0.25, -0.2) is 9.97 Å². The standard InChI is InChI=1S/C18H25N5O2/c1-11-5-4-8-22(9-11)15(24)7-6-14-12(2)21-18-16(17(19)25)20-10-23(18)13(14)3/h10-11H,4-9H2,1-3H3,(H2,19,25). The summed E-state index contributed by atoms with van der Waals surface area (Å²) in [5.74, 6) is 0.196. The van der Waals surface area contributed by atoms with E-state index in [1.165, 1.54) is 6.42 Å². The van der Waals surface area contributed by atoms with Crippen molar-refractivity contribution in [3.05, 3.63) is 29.0 Å². The largest absolute Gasteiger partial charge is 0.364 e. The predicted octanol–water partition coefficient (Wildman–Crippen LogP) is 1.64. The van der Waals surface area contributed by atoms with Crippen LogP contribution in [0.25, 0.3) is 5.65 Å². The molecule has 0 radical (unpaired) electrons. The molecule has 2 aromatic heterocycles. The number of nitrogens with two attached hydrogens (primary N) is 1. The minimum absolute atomic E-state index is 0.177. The van der Waals surface area contributed by atoms with E-state index in [9.17, 15) is 9.59 Å². The lowest BCUT2D eigenvalue weighted by atomic mass is 9.99. The van der Waals surface area contributed by atoms with Crippen LogP contribution in [0.1, 0.15) is 53.6 Å². The van der Waals surface area contributed by atoms with Crippen molar-refractivity contribution in [2.24, 2.45) is 11.7 Å². The molecule has 2 N–H and O–H groups in total. The van der Waals surface area contributed by atoms with Crippen LogP contribution in [0.15, 0.2) is 6.33 Å². The summed E-state index contributed by atoms with van der Waals surface area (Å²) in [6.07, 6.45) is 4.96. The first kappa shape index (κ1) is 17.4. The Balaban J connectivity index is 1.79. The van der Waals surface area contributed by atoms with E-state index in [0.29, 0.717) is 24.4 Å². The van der Waals surface area contributed by atoms with Gasteiger partial charge in [0.2, 0.25) is 5.91 Å². The summed E-state index contributed by atoms with van der Waals surface area (Å²) in [7, 11) is 0. The molecule has 0 bridgehead atoms. The van der Waals surface area contributed by atoms with Crippen LogP contribution in [-0.4, -0.2) is 44.2 Å². The lowest BCUT2D eigenvalue weighted by Gasteiger charge is -2.31. The number of carbonyl (C=O) groups is 2. The smallest absolute Gasteiger partial charge is 0.271 e. The van der Waals surface area contributed by atoms with Crippen molar-refractivity contribution in [1.29, 1.82) is 0 Å². The van der Waals surface area contributed by atoms with Crippen molar-refractivity contribution in [2.45, 2.75) is 46.5 Å². The van der Waals surface area contributed by atoms with Crippen LogP contribution in [0.2, 0.25) is 0 Å². The number of likely N-dealkylation sites (tertiary alicyclic amines) is 1. The van der Waals surface area contributed by atoms with Crippen molar-refractivity contribution >= 4 is 17.5 Å². The average molecular weight is 343 g/mol. The number of aryl methyl sites for hydroxylation is 2. The second-order valence-corrected chi connectivity index (χ2v) is 7.00. The van der Waals surface area contributed by atoms with E-state index >= 15 is 0 Å². The zero-order valence-electron chi connectivity index (χ0n) is 15.1. The molecule has 1 atom stereocenters. The van der Waals surface area contributed by atoms with Crippen LogP contribution in [0.3, 0.4) is 0 Å². The Morgan fingerprint density at radius 1 is 1.36 bits per heavy atom. The van der Waals surface area contributed by atoms with E-state index in [-0.39, 0.29) is 11.6 Å². The molecule has 0 saturated carbocycles. The lowest BCUT2D eigenvalue weighted by molar-refractivity contribution is -0.132. The van der Waals surface area contributed by atoms with Crippen LogP contribution >= 0.6 is 0 Å². The third kappa shape index (κ3) is 3.36. The van der Waals surface area contributed by atoms with Crippen LogP contribution in [0, 0.1) is 19.8 Å². The van der Waals surface area contributed by atoms with Crippen molar-refractivity contribution in [1.82, 2.24) is 19.3 Å². The highest BCUT2D eigenvalue weighted by Crippen LogP contribution is 2.20. The van der Waals surface area contributed by atoms with Gasteiger partial charge in [-0.15, -0.1) is 0 Å². The average Bonchev–Trinajstić information content (AvgIpc) is 2.98. The van der Waals surface area contributed by atoms with Gasteiger partial charge in [0, 0.05) is 30.9 Å².